The molecule has 0 saturated carbocycles. The Morgan fingerprint density at radius 3 is 1.55 bits per heavy atom. The fourth-order valence-corrected chi connectivity index (χ4v) is 2.73. The minimum atomic E-state index is 1.21. The Balaban J connectivity index is 2.98. The van der Waals surface area contributed by atoms with Crippen LogP contribution >= 0.6 is 0 Å². The largest absolute Gasteiger partial charge is 0.317 e. The van der Waals surface area contributed by atoms with Crippen LogP contribution in [0.3, 0.4) is 0 Å². The molecule has 0 atom stereocenters. The SMILES string of the molecule is CCCCC=CCCCCCCCCCCCNCCCC. The second-order valence-electron chi connectivity index (χ2n) is 6.69. The minimum Gasteiger partial charge on any atom is -0.317 e. The monoisotopic (exact) mass is 309 g/mol. The number of hydrogen-bond donors (Lipinski definition) is 1. The van der Waals surface area contributed by atoms with Crippen LogP contribution in [0.2, 0.25) is 0 Å². The summed E-state index contributed by atoms with van der Waals surface area (Å²) in [7, 11) is 0. The van der Waals surface area contributed by atoms with Crippen molar-refractivity contribution in [3.8, 4) is 0 Å². The minimum absolute atomic E-state index is 1.21. The van der Waals surface area contributed by atoms with Crippen molar-refractivity contribution in [1.82, 2.24) is 5.32 Å². The predicted molar refractivity (Wildman–Crippen MR) is 103 cm³/mol. The highest BCUT2D eigenvalue weighted by Crippen LogP contribution is 2.11. The van der Waals surface area contributed by atoms with Crippen molar-refractivity contribution in [3.05, 3.63) is 12.2 Å². The number of hydrogen-bond acceptors (Lipinski definition) is 1. The summed E-state index contributed by atoms with van der Waals surface area (Å²) in [5, 5.41) is 3.53. The Morgan fingerprint density at radius 2 is 0.955 bits per heavy atom. The average Bonchev–Trinajstić information content (AvgIpc) is 2.54. The van der Waals surface area contributed by atoms with Crippen molar-refractivity contribution < 1.29 is 0 Å². The Bertz CT molecular complexity index is 210. The molecule has 0 heterocycles. The summed E-state index contributed by atoms with van der Waals surface area (Å²) < 4.78 is 0. The molecule has 1 nitrogen and oxygen atoms in total. The van der Waals surface area contributed by atoms with E-state index < -0.39 is 0 Å². The maximum Gasteiger partial charge on any atom is -0.00489 e. The molecule has 0 spiro atoms. The maximum atomic E-state index is 3.53. The zero-order chi connectivity index (χ0) is 16.1. The van der Waals surface area contributed by atoms with Crippen molar-refractivity contribution >= 4 is 0 Å². The second-order valence-corrected chi connectivity index (χ2v) is 6.69. The van der Waals surface area contributed by atoms with Gasteiger partial charge >= 0.3 is 0 Å². The van der Waals surface area contributed by atoms with Gasteiger partial charge in [0.15, 0.2) is 0 Å². The Hall–Kier alpha value is -0.300. The van der Waals surface area contributed by atoms with Crippen molar-refractivity contribution in [1.29, 1.82) is 0 Å². The molecule has 0 aliphatic carbocycles. The maximum absolute atomic E-state index is 3.53. The molecule has 132 valence electrons. The molecular weight excluding hydrogens is 266 g/mol. The first-order valence-electron chi connectivity index (χ1n) is 10.3. The topological polar surface area (TPSA) is 12.0 Å². The van der Waals surface area contributed by atoms with Gasteiger partial charge in [-0.05, 0) is 45.2 Å². The van der Waals surface area contributed by atoms with Crippen molar-refractivity contribution in [2.24, 2.45) is 0 Å². The summed E-state index contributed by atoms with van der Waals surface area (Å²) in [6, 6.07) is 0. The Kier molecular flexibility index (Phi) is 20.4. The summed E-state index contributed by atoms with van der Waals surface area (Å²) in [5.41, 5.74) is 0. The van der Waals surface area contributed by atoms with E-state index in [-0.39, 0.29) is 0 Å². The standard InChI is InChI=1S/C21H43N/c1-3-5-7-8-9-10-11-12-13-14-15-16-17-18-19-21-22-20-6-4-2/h8-9,22H,3-7,10-21H2,1-2H3. The predicted octanol–water partition coefficient (Wildman–Crippen LogP) is 7.02. The molecule has 1 heteroatoms. The van der Waals surface area contributed by atoms with Crippen LogP contribution in [-0.2, 0) is 0 Å². The van der Waals surface area contributed by atoms with Gasteiger partial charge in [0.05, 0.1) is 0 Å². The number of rotatable bonds is 18. The van der Waals surface area contributed by atoms with E-state index in [0.717, 1.165) is 0 Å². The van der Waals surface area contributed by atoms with Gasteiger partial charge in [-0.15, -0.1) is 0 Å². The molecule has 0 bridgehead atoms. The van der Waals surface area contributed by atoms with Gasteiger partial charge in [0.2, 0.25) is 0 Å². The Morgan fingerprint density at radius 1 is 0.500 bits per heavy atom. The first-order chi connectivity index (χ1) is 10.9. The van der Waals surface area contributed by atoms with E-state index in [1.165, 1.54) is 109 Å². The zero-order valence-electron chi connectivity index (χ0n) is 15.7. The molecule has 0 aliphatic heterocycles. The number of nitrogens with one attached hydrogen (secondary N) is 1. The van der Waals surface area contributed by atoms with Crippen LogP contribution in [0.1, 0.15) is 110 Å². The lowest BCUT2D eigenvalue weighted by Crippen LogP contribution is -2.16. The molecule has 0 amide bonds. The van der Waals surface area contributed by atoms with Crippen molar-refractivity contribution in [3.63, 3.8) is 0 Å². The molecule has 0 saturated heterocycles. The van der Waals surface area contributed by atoms with Crippen LogP contribution in [0, 0.1) is 0 Å². The van der Waals surface area contributed by atoms with Crippen LogP contribution in [0.25, 0.3) is 0 Å². The zero-order valence-corrected chi connectivity index (χ0v) is 15.7. The molecule has 1 N–H and O–H groups in total. The molecule has 0 fully saturated rings. The summed E-state index contributed by atoms with van der Waals surface area (Å²) in [6.07, 6.45) is 25.5. The summed E-state index contributed by atoms with van der Waals surface area (Å²) in [6.45, 7) is 6.96. The van der Waals surface area contributed by atoms with Crippen LogP contribution in [0.5, 0.6) is 0 Å². The van der Waals surface area contributed by atoms with Crippen LogP contribution < -0.4 is 5.32 Å². The third-order valence-corrected chi connectivity index (χ3v) is 4.32. The van der Waals surface area contributed by atoms with Gasteiger partial charge in [-0.25, -0.2) is 0 Å². The first kappa shape index (κ1) is 21.7. The molecule has 0 aromatic carbocycles. The van der Waals surface area contributed by atoms with Gasteiger partial charge in [-0.1, -0.05) is 90.2 Å². The van der Waals surface area contributed by atoms with Crippen LogP contribution in [0.15, 0.2) is 12.2 Å². The van der Waals surface area contributed by atoms with Gasteiger partial charge in [-0.2, -0.15) is 0 Å². The molecule has 0 unspecified atom stereocenters. The molecule has 0 aromatic heterocycles. The smallest absolute Gasteiger partial charge is 0.00489 e. The first-order valence-corrected chi connectivity index (χ1v) is 10.3. The second kappa shape index (κ2) is 20.7. The molecule has 22 heavy (non-hydrogen) atoms. The normalized spacial score (nSPS) is 11.5. The van der Waals surface area contributed by atoms with Gasteiger partial charge in [0, 0.05) is 0 Å². The van der Waals surface area contributed by atoms with Crippen LogP contribution in [0.4, 0.5) is 0 Å². The van der Waals surface area contributed by atoms with Crippen molar-refractivity contribution in [2.45, 2.75) is 110 Å². The lowest BCUT2D eigenvalue weighted by Gasteiger charge is -2.04. The molecule has 0 rings (SSSR count). The van der Waals surface area contributed by atoms with E-state index in [9.17, 15) is 0 Å². The van der Waals surface area contributed by atoms with E-state index in [1.807, 2.05) is 0 Å². The molecule has 0 radical (unpaired) electrons. The van der Waals surface area contributed by atoms with E-state index in [4.69, 9.17) is 0 Å². The van der Waals surface area contributed by atoms with Gasteiger partial charge < -0.3 is 5.32 Å². The summed E-state index contributed by atoms with van der Waals surface area (Å²) in [4.78, 5) is 0. The van der Waals surface area contributed by atoms with E-state index >= 15 is 0 Å². The quantitative estimate of drug-likeness (QED) is 0.212. The van der Waals surface area contributed by atoms with E-state index in [2.05, 4.69) is 31.3 Å². The fourth-order valence-electron chi connectivity index (χ4n) is 2.73. The van der Waals surface area contributed by atoms with Crippen molar-refractivity contribution in [2.75, 3.05) is 13.1 Å². The highest BCUT2D eigenvalue weighted by Gasteiger charge is 1.93. The summed E-state index contributed by atoms with van der Waals surface area (Å²) >= 11 is 0. The molecular formula is C21H43N. The highest BCUT2D eigenvalue weighted by atomic mass is 14.8. The highest BCUT2D eigenvalue weighted by molar-refractivity contribution is 4.81. The molecule has 0 aromatic rings. The van der Waals surface area contributed by atoms with Gasteiger partial charge in [0.1, 0.15) is 0 Å². The average molecular weight is 310 g/mol. The lowest BCUT2D eigenvalue weighted by molar-refractivity contribution is 0.542. The number of unbranched alkanes of at least 4 members (excludes halogenated alkanes) is 12. The van der Waals surface area contributed by atoms with Gasteiger partial charge in [0.25, 0.3) is 0 Å². The van der Waals surface area contributed by atoms with E-state index in [1.54, 1.807) is 0 Å². The van der Waals surface area contributed by atoms with E-state index in [0.29, 0.717) is 0 Å². The number of allylic oxidation sites excluding steroid dienone is 2. The summed E-state index contributed by atoms with van der Waals surface area (Å²) in [5.74, 6) is 0. The van der Waals surface area contributed by atoms with Crippen LogP contribution in [-0.4, -0.2) is 13.1 Å². The van der Waals surface area contributed by atoms with Gasteiger partial charge in [-0.3, -0.25) is 0 Å². The lowest BCUT2D eigenvalue weighted by atomic mass is 10.1. The third-order valence-electron chi connectivity index (χ3n) is 4.32. The third kappa shape index (κ3) is 19.7. The Labute approximate surface area is 141 Å². The fraction of sp³-hybridized carbons (Fsp3) is 0.905. The molecule has 0 aliphatic rings.